The van der Waals surface area contributed by atoms with Crippen LogP contribution in [0.4, 0.5) is 0 Å². The highest BCUT2D eigenvalue weighted by Gasteiger charge is 2.41. The molecule has 1 fully saturated rings. The van der Waals surface area contributed by atoms with E-state index in [-0.39, 0.29) is 0 Å². The Morgan fingerprint density at radius 2 is 2.10 bits per heavy atom. The molecule has 29 heavy (non-hydrogen) atoms. The number of rotatable bonds is 6. The number of fused-ring (bicyclic) bond motifs is 1. The Morgan fingerprint density at radius 3 is 2.76 bits per heavy atom. The molecule has 1 aliphatic heterocycles. The van der Waals surface area contributed by atoms with Crippen molar-refractivity contribution in [3.63, 3.8) is 0 Å². The van der Waals surface area contributed by atoms with Crippen LogP contribution in [0, 0.1) is 11.3 Å². The van der Waals surface area contributed by atoms with E-state index in [1.165, 1.54) is 54.5 Å². The molecule has 3 nitrogen and oxygen atoms in total. The van der Waals surface area contributed by atoms with Crippen LogP contribution >= 0.6 is 0 Å². The van der Waals surface area contributed by atoms with Gasteiger partial charge in [0.2, 0.25) is 0 Å². The SMILES string of the molecule is C=C1CCCCN1C1CC(C)(C(C)CC)Cc2ccc(/C(C)=N/N(C)CC)cc21. The van der Waals surface area contributed by atoms with Gasteiger partial charge in [-0.05, 0) is 80.0 Å². The number of allylic oxidation sites excluding steroid dienone is 1. The number of nitrogens with zero attached hydrogens (tertiary/aromatic N) is 3. The van der Waals surface area contributed by atoms with E-state index in [4.69, 9.17) is 5.10 Å². The fourth-order valence-electron chi connectivity index (χ4n) is 5.17. The van der Waals surface area contributed by atoms with Gasteiger partial charge in [-0.2, -0.15) is 5.10 Å². The van der Waals surface area contributed by atoms with Gasteiger partial charge in [-0.25, -0.2) is 0 Å². The number of benzene rings is 1. The van der Waals surface area contributed by atoms with Crippen molar-refractivity contribution in [2.75, 3.05) is 20.1 Å². The van der Waals surface area contributed by atoms with Gasteiger partial charge in [0, 0.05) is 25.8 Å². The first-order valence-corrected chi connectivity index (χ1v) is 11.6. The number of likely N-dealkylation sites (tertiary alicyclic amines) is 1. The highest BCUT2D eigenvalue weighted by molar-refractivity contribution is 5.98. The molecule has 3 heteroatoms. The standard InChI is InChI=1S/C26H41N3/c1-8-19(3)26(6)17-23-14-13-22(21(5)27-28(7)9-2)16-24(23)25(18-26)29-15-11-10-12-20(29)4/h13-14,16,19,25H,4,8-12,15,17-18H2,1-3,5-7H3/b27-21+. The van der Waals surface area contributed by atoms with Gasteiger partial charge >= 0.3 is 0 Å². The zero-order valence-electron chi connectivity index (χ0n) is 19.6. The fourth-order valence-corrected chi connectivity index (χ4v) is 5.17. The highest BCUT2D eigenvalue weighted by Crippen LogP contribution is 2.50. The highest BCUT2D eigenvalue weighted by atomic mass is 15.4. The van der Waals surface area contributed by atoms with Crippen LogP contribution in [-0.4, -0.2) is 35.8 Å². The van der Waals surface area contributed by atoms with Gasteiger partial charge in [0.25, 0.3) is 0 Å². The minimum atomic E-state index is 0.344. The van der Waals surface area contributed by atoms with Gasteiger partial charge in [0.05, 0.1) is 11.8 Å². The second-order valence-electron chi connectivity index (χ2n) is 9.65. The minimum Gasteiger partial charge on any atom is -0.368 e. The summed E-state index contributed by atoms with van der Waals surface area (Å²) in [5.41, 5.74) is 7.08. The van der Waals surface area contributed by atoms with E-state index in [1.807, 2.05) is 12.1 Å². The molecule has 1 heterocycles. The molecule has 1 aliphatic carbocycles. The maximum absolute atomic E-state index is 4.76. The van der Waals surface area contributed by atoms with Gasteiger partial charge in [0.1, 0.15) is 0 Å². The van der Waals surface area contributed by atoms with E-state index in [0.29, 0.717) is 11.5 Å². The summed E-state index contributed by atoms with van der Waals surface area (Å²) in [6, 6.07) is 7.54. The maximum atomic E-state index is 4.76. The molecule has 160 valence electrons. The monoisotopic (exact) mass is 395 g/mol. The van der Waals surface area contributed by atoms with Crippen molar-refractivity contribution in [2.45, 2.75) is 79.2 Å². The second-order valence-corrected chi connectivity index (χ2v) is 9.65. The Morgan fingerprint density at radius 1 is 1.34 bits per heavy atom. The molecule has 0 bridgehead atoms. The third kappa shape index (κ3) is 4.54. The lowest BCUT2D eigenvalue weighted by Gasteiger charge is -2.49. The second kappa shape index (κ2) is 8.93. The molecule has 0 amide bonds. The van der Waals surface area contributed by atoms with Gasteiger partial charge in [-0.15, -0.1) is 0 Å². The summed E-state index contributed by atoms with van der Waals surface area (Å²) in [6.07, 6.45) is 7.36. The zero-order valence-corrected chi connectivity index (χ0v) is 19.6. The molecule has 0 radical (unpaired) electrons. The number of piperidine rings is 1. The third-order valence-electron chi connectivity index (χ3n) is 7.65. The van der Waals surface area contributed by atoms with Crippen molar-refractivity contribution in [1.29, 1.82) is 0 Å². The Bertz CT molecular complexity index is 765. The Hall–Kier alpha value is -1.77. The predicted octanol–water partition coefficient (Wildman–Crippen LogP) is 6.40. The molecule has 1 aromatic carbocycles. The molecular formula is C26H41N3. The molecule has 1 saturated heterocycles. The van der Waals surface area contributed by atoms with Crippen molar-refractivity contribution in [2.24, 2.45) is 16.4 Å². The van der Waals surface area contributed by atoms with Crippen molar-refractivity contribution in [3.05, 3.63) is 47.2 Å². The molecular weight excluding hydrogens is 354 g/mol. The summed E-state index contributed by atoms with van der Waals surface area (Å²) in [6.45, 7) is 18.1. The predicted molar refractivity (Wildman–Crippen MR) is 125 cm³/mol. The molecule has 3 rings (SSSR count). The van der Waals surface area contributed by atoms with Crippen LogP contribution < -0.4 is 0 Å². The lowest BCUT2D eigenvalue weighted by Crippen LogP contribution is -2.41. The van der Waals surface area contributed by atoms with Crippen LogP contribution in [0.5, 0.6) is 0 Å². The van der Waals surface area contributed by atoms with Crippen LogP contribution in [0.2, 0.25) is 0 Å². The number of hydrogen-bond donors (Lipinski definition) is 0. The first-order chi connectivity index (χ1) is 13.8. The maximum Gasteiger partial charge on any atom is 0.0646 e. The summed E-state index contributed by atoms with van der Waals surface area (Å²) < 4.78 is 0. The van der Waals surface area contributed by atoms with E-state index in [2.05, 4.69) is 64.3 Å². The lowest BCUT2D eigenvalue weighted by molar-refractivity contribution is 0.0881. The quantitative estimate of drug-likeness (QED) is 0.410. The summed E-state index contributed by atoms with van der Waals surface area (Å²) in [5, 5.41) is 6.77. The summed E-state index contributed by atoms with van der Waals surface area (Å²) >= 11 is 0. The van der Waals surface area contributed by atoms with E-state index in [0.717, 1.165) is 31.1 Å². The zero-order chi connectivity index (χ0) is 21.2. The summed E-state index contributed by atoms with van der Waals surface area (Å²) in [5.74, 6) is 0.720. The molecule has 3 atom stereocenters. The molecule has 0 N–H and O–H groups in total. The largest absolute Gasteiger partial charge is 0.368 e. The van der Waals surface area contributed by atoms with Crippen molar-refractivity contribution < 1.29 is 0 Å². The Kier molecular flexibility index (Phi) is 6.76. The first-order valence-electron chi connectivity index (χ1n) is 11.6. The van der Waals surface area contributed by atoms with Gasteiger partial charge in [-0.3, -0.25) is 0 Å². The minimum absolute atomic E-state index is 0.344. The van der Waals surface area contributed by atoms with Crippen molar-refractivity contribution in [1.82, 2.24) is 9.91 Å². The normalized spacial score (nSPS) is 26.3. The van der Waals surface area contributed by atoms with Gasteiger partial charge in [-0.1, -0.05) is 45.9 Å². The van der Waals surface area contributed by atoms with Crippen LogP contribution in [0.15, 0.2) is 35.6 Å². The topological polar surface area (TPSA) is 18.8 Å². The smallest absolute Gasteiger partial charge is 0.0646 e. The van der Waals surface area contributed by atoms with Gasteiger partial charge in [0.15, 0.2) is 0 Å². The van der Waals surface area contributed by atoms with Crippen LogP contribution in [0.3, 0.4) is 0 Å². The molecule has 3 unspecified atom stereocenters. The molecule has 0 spiro atoms. The molecule has 1 aromatic rings. The Balaban J connectivity index is 2.04. The van der Waals surface area contributed by atoms with E-state index >= 15 is 0 Å². The van der Waals surface area contributed by atoms with Crippen molar-refractivity contribution >= 4 is 5.71 Å². The van der Waals surface area contributed by atoms with Crippen LogP contribution in [0.1, 0.15) is 89.5 Å². The lowest BCUT2D eigenvalue weighted by atomic mass is 9.63. The van der Waals surface area contributed by atoms with E-state index in [1.54, 1.807) is 0 Å². The molecule has 0 saturated carbocycles. The third-order valence-corrected chi connectivity index (χ3v) is 7.65. The van der Waals surface area contributed by atoms with Crippen LogP contribution in [0.25, 0.3) is 0 Å². The average Bonchev–Trinajstić information content (AvgIpc) is 2.72. The van der Waals surface area contributed by atoms with E-state index in [9.17, 15) is 0 Å². The van der Waals surface area contributed by atoms with Crippen LogP contribution in [-0.2, 0) is 6.42 Å². The number of hydrogen-bond acceptors (Lipinski definition) is 3. The van der Waals surface area contributed by atoms with E-state index < -0.39 is 0 Å². The summed E-state index contributed by atoms with van der Waals surface area (Å²) in [7, 11) is 2.04. The fraction of sp³-hybridized carbons (Fsp3) is 0.654. The average molecular weight is 396 g/mol. The van der Waals surface area contributed by atoms with Gasteiger partial charge < -0.3 is 9.91 Å². The first kappa shape index (κ1) is 21.9. The molecule has 0 aromatic heterocycles. The Labute approximate surface area is 178 Å². The number of hydrazone groups is 1. The summed E-state index contributed by atoms with van der Waals surface area (Å²) in [4.78, 5) is 2.64. The van der Waals surface area contributed by atoms with Crippen molar-refractivity contribution in [3.8, 4) is 0 Å². The molecule has 2 aliphatic rings.